The number of aromatic nitrogens is 4. The maximum atomic E-state index is 13.5. The Morgan fingerprint density at radius 1 is 1.26 bits per heavy atom. The molecule has 1 saturated heterocycles. The zero-order chi connectivity index (χ0) is 19.1. The molecule has 27 heavy (non-hydrogen) atoms. The SMILES string of the molecule is O=C([C@@H]1CCCc2nn(Cc3cncc(Br)c3)c(=O)n21)N1C[C@@H](F)[C@@H](F)C1. The monoisotopic (exact) mass is 441 g/mol. The quantitative estimate of drug-likeness (QED) is 0.725. The number of alkyl halides is 2. The van der Waals surface area contributed by atoms with E-state index in [4.69, 9.17) is 0 Å². The van der Waals surface area contributed by atoms with Gasteiger partial charge in [-0.2, -0.15) is 5.10 Å². The first-order valence-electron chi connectivity index (χ1n) is 8.78. The van der Waals surface area contributed by atoms with Gasteiger partial charge in [0.1, 0.15) is 11.9 Å². The lowest BCUT2D eigenvalue weighted by atomic mass is 10.0. The van der Waals surface area contributed by atoms with Gasteiger partial charge in [0.15, 0.2) is 12.3 Å². The summed E-state index contributed by atoms with van der Waals surface area (Å²) in [5, 5.41) is 4.37. The number of hydrogen-bond acceptors (Lipinski definition) is 4. The van der Waals surface area contributed by atoms with E-state index in [1.807, 2.05) is 6.07 Å². The van der Waals surface area contributed by atoms with Crippen molar-refractivity contribution in [2.24, 2.45) is 0 Å². The first-order chi connectivity index (χ1) is 12.9. The molecule has 0 radical (unpaired) electrons. The number of fused-ring (bicyclic) bond motifs is 1. The molecule has 3 atom stereocenters. The molecule has 0 N–H and O–H groups in total. The van der Waals surface area contributed by atoms with E-state index in [2.05, 4.69) is 26.0 Å². The number of nitrogens with zero attached hydrogens (tertiary/aromatic N) is 5. The second kappa shape index (κ2) is 7.14. The Morgan fingerprint density at radius 3 is 2.70 bits per heavy atom. The van der Waals surface area contributed by atoms with Crippen LogP contribution in [0.1, 0.15) is 30.3 Å². The topological polar surface area (TPSA) is 73.0 Å². The second-order valence-electron chi connectivity index (χ2n) is 6.92. The molecule has 0 spiro atoms. The Kier molecular flexibility index (Phi) is 4.83. The number of halogens is 3. The average Bonchev–Trinajstić information content (AvgIpc) is 3.14. The summed E-state index contributed by atoms with van der Waals surface area (Å²) >= 11 is 3.34. The van der Waals surface area contributed by atoms with Crippen molar-refractivity contribution in [2.45, 2.75) is 44.2 Å². The predicted molar refractivity (Wildman–Crippen MR) is 95.9 cm³/mol. The summed E-state index contributed by atoms with van der Waals surface area (Å²) in [5.74, 6) is 0.116. The number of likely N-dealkylation sites (tertiary alicyclic amines) is 1. The molecular weight excluding hydrogens is 424 g/mol. The van der Waals surface area contributed by atoms with Crippen LogP contribution in [0.3, 0.4) is 0 Å². The highest BCUT2D eigenvalue weighted by Crippen LogP contribution is 2.27. The first kappa shape index (κ1) is 18.3. The fraction of sp³-hybridized carbons (Fsp3) is 0.529. The molecule has 4 heterocycles. The summed E-state index contributed by atoms with van der Waals surface area (Å²) in [6, 6.07) is 1.08. The minimum atomic E-state index is -1.67. The third-order valence-corrected chi connectivity index (χ3v) is 5.44. The number of rotatable bonds is 3. The largest absolute Gasteiger partial charge is 0.346 e. The Balaban J connectivity index is 1.62. The van der Waals surface area contributed by atoms with Crippen LogP contribution in [-0.4, -0.2) is 55.6 Å². The number of carbonyl (C=O) groups is 1. The van der Waals surface area contributed by atoms with Crippen molar-refractivity contribution in [3.8, 4) is 0 Å². The number of aryl methyl sites for hydroxylation is 1. The molecule has 2 aliphatic rings. The lowest BCUT2D eigenvalue weighted by Gasteiger charge is -2.26. The lowest BCUT2D eigenvalue weighted by Crippen LogP contribution is -2.42. The molecule has 0 unspecified atom stereocenters. The molecule has 0 saturated carbocycles. The number of pyridine rings is 1. The smallest absolute Gasteiger partial charge is 0.335 e. The van der Waals surface area contributed by atoms with Crippen LogP contribution in [0.4, 0.5) is 8.78 Å². The van der Waals surface area contributed by atoms with Gasteiger partial charge in [-0.1, -0.05) is 0 Å². The highest BCUT2D eigenvalue weighted by atomic mass is 79.9. The van der Waals surface area contributed by atoms with Gasteiger partial charge in [0.25, 0.3) is 0 Å². The van der Waals surface area contributed by atoms with E-state index in [1.54, 1.807) is 12.4 Å². The zero-order valence-electron chi connectivity index (χ0n) is 14.4. The van der Waals surface area contributed by atoms with Gasteiger partial charge >= 0.3 is 5.69 Å². The summed E-state index contributed by atoms with van der Waals surface area (Å²) in [6.07, 6.45) is 1.69. The van der Waals surface area contributed by atoms with Gasteiger partial charge < -0.3 is 4.90 Å². The Hall–Kier alpha value is -2.10. The van der Waals surface area contributed by atoms with E-state index in [9.17, 15) is 18.4 Å². The summed E-state index contributed by atoms with van der Waals surface area (Å²) in [6.45, 7) is -0.300. The van der Waals surface area contributed by atoms with E-state index in [1.165, 1.54) is 14.1 Å². The summed E-state index contributed by atoms with van der Waals surface area (Å²) in [4.78, 5) is 30.9. The van der Waals surface area contributed by atoms with Crippen molar-refractivity contribution in [2.75, 3.05) is 13.1 Å². The number of hydrogen-bond donors (Lipinski definition) is 0. The minimum Gasteiger partial charge on any atom is -0.335 e. The molecule has 2 aliphatic heterocycles. The molecule has 4 rings (SSSR count). The lowest BCUT2D eigenvalue weighted by molar-refractivity contribution is -0.134. The normalized spacial score (nSPS) is 24.9. The average molecular weight is 442 g/mol. The zero-order valence-corrected chi connectivity index (χ0v) is 16.0. The van der Waals surface area contributed by atoms with Crippen LogP contribution >= 0.6 is 15.9 Å². The van der Waals surface area contributed by atoms with Crippen molar-refractivity contribution in [3.63, 3.8) is 0 Å². The van der Waals surface area contributed by atoms with E-state index >= 15 is 0 Å². The Bertz CT molecular complexity index is 920. The molecule has 0 aliphatic carbocycles. The van der Waals surface area contributed by atoms with Gasteiger partial charge in [-0.3, -0.25) is 14.3 Å². The fourth-order valence-corrected chi connectivity index (χ4v) is 4.11. The standard InChI is InChI=1S/C17H18BrF2N5O2/c18-11-4-10(5-21-6-11)7-24-17(27)25-14(2-1-3-15(25)22-24)16(26)23-8-12(19)13(20)9-23/h4-6,12-14H,1-3,7-9H2/t12-,13+,14-/m0/s1. The molecule has 1 amide bonds. The molecule has 144 valence electrons. The summed E-state index contributed by atoms with van der Waals surface area (Å²) in [7, 11) is 0. The second-order valence-corrected chi connectivity index (χ2v) is 7.84. The van der Waals surface area contributed by atoms with Crippen LogP contribution in [0, 0.1) is 0 Å². The van der Waals surface area contributed by atoms with Crippen LogP contribution in [0.2, 0.25) is 0 Å². The van der Waals surface area contributed by atoms with Crippen LogP contribution in [-0.2, 0) is 17.8 Å². The van der Waals surface area contributed by atoms with Crippen molar-refractivity contribution in [1.29, 1.82) is 0 Å². The Labute approximate surface area is 162 Å². The van der Waals surface area contributed by atoms with Crippen LogP contribution < -0.4 is 5.69 Å². The van der Waals surface area contributed by atoms with Crippen LogP contribution in [0.5, 0.6) is 0 Å². The molecule has 1 fully saturated rings. The third-order valence-electron chi connectivity index (χ3n) is 5.00. The maximum Gasteiger partial charge on any atom is 0.346 e. The van der Waals surface area contributed by atoms with E-state index in [-0.39, 0.29) is 19.6 Å². The van der Waals surface area contributed by atoms with Crippen molar-refractivity contribution in [3.05, 3.63) is 44.8 Å². The van der Waals surface area contributed by atoms with Crippen LogP contribution in [0.15, 0.2) is 27.7 Å². The fourth-order valence-electron chi connectivity index (χ4n) is 3.70. The number of carbonyl (C=O) groups excluding carboxylic acids is 1. The molecular formula is C17H18BrF2N5O2. The van der Waals surface area contributed by atoms with Gasteiger partial charge in [-0.05, 0) is 40.4 Å². The van der Waals surface area contributed by atoms with Crippen molar-refractivity contribution in [1.82, 2.24) is 24.2 Å². The molecule has 2 aromatic heterocycles. The van der Waals surface area contributed by atoms with E-state index in [0.29, 0.717) is 25.1 Å². The van der Waals surface area contributed by atoms with Gasteiger partial charge in [0, 0.05) is 23.3 Å². The summed E-state index contributed by atoms with van der Waals surface area (Å²) in [5.41, 5.74) is 0.403. The van der Waals surface area contributed by atoms with E-state index < -0.39 is 30.0 Å². The molecule has 0 aromatic carbocycles. The van der Waals surface area contributed by atoms with Gasteiger partial charge in [0.2, 0.25) is 5.91 Å². The van der Waals surface area contributed by atoms with Gasteiger partial charge in [-0.25, -0.2) is 18.3 Å². The first-order valence-corrected chi connectivity index (χ1v) is 9.58. The minimum absolute atomic E-state index is 0.231. The molecule has 2 aromatic rings. The maximum absolute atomic E-state index is 13.5. The highest BCUT2D eigenvalue weighted by molar-refractivity contribution is 9.10. The molecule has 7 nitrogen and oxygen atoms in total. The number of amides is 1. The summed E-state index contributed by atoms with van der Waals surface area (Å²) < 4.78 is 30.5. The predicted octanol–water partition coefficient (Wildman–Crippen LogP) is 1.65. The van der Waals surface area contributed by atoms with Crippen molar-refractivity contribution < 1.29 is 13.6 Å². The van der Waals surface area contributed by atoms with Crippen LogP contribution in [0.25, 0.3) is 0 Å². The van der Waals surface area contributed by atoms with Gasteiger partial charge in [-0.15, -0.1) is 0 Å². The van der Waals surface area contributed by atoms with Crippen molar-refractivity contribution >= 4 is 21.8 Å². The molecule has 10 heteroatoms. The molecule has 0 bridgehead atoms. The van der Waals surface area contributed by atoms with Gasteiger partial charge in [0.05, 0.1) is 19.6 Å². The third kappa shape index (κ3) is 3.42. The Morgan fingerprint density at radius 2 is 2.00 bits per heavy atom. The highest BCUT2D eigenvalue weighted by Gasteiger charge is 2.40. The van der Waals surface area contributed by atoms with E-state index in [0.717, 1.165) is 10.0 Å².